The average Bonchev–Trinajstić information content (AvgIpc) is 2.78. The number of thiophene rings is 1. The molecule has 1 heterocycles. The summed E-state index contributed by atoms with van der Waals surface area (Å²) in [5, 5.41) is 5.19. The van der Waals surface area contributed by atoms with Crippen LogP contribution in [0, 0.1) is 0 Å². The van der Waals surface area contributed by atoms with Crippen LogP contribution in [0.1, 0.15) is 11.3 Å². The van der Waals surface area contributed by atoms with Crippen molar-refractivity contribution in [3.05, 3.63) is 21.3 Å². The number of rotatable bonds is 8. The standard InChI is InChI=1S/C12H16ClF3N2O2S/c13-10-3-2-9(21-10)4-6-18-11(19)17-5-1-7-20-8-12(14,15)16/h2-3H,1,4-8H2,(H2,17,18,19). The maximum Gasteiger partial charge on any atom is 0.411 e. The highest BCUT2D eigenvalue weighted by Gasteiger charge is 2.27. The normalized spacial score (nSPS) is 11.4. The molecular formula is C12H16ClF3N2O2S. The van der Waals surface area contributed by atoms with Gasteiger partial charge in [0.25, 0.3) is 0 Å². The molecule has 0 unspecified atom stereocenters. The van der Waals surface area contributed by atoms with Gasteiger partial charge in [-0.25, -0.2) is 4.79 Å². The Morgan fingerprint density at radius 3 is 2.62 bits per heavy atom. The molecule has 1 rings (SSSR count). The molecule has 0 fully saturated rings. The lowest BCUT2D eigenvalue weighted by molar-refractivity contribution is -0.173. The molecule has 0 atom stereocenters. The predicted molar refractivity (Wildman–Crippen MR) is 75.9 cm³/mol. The van der Waals surface area contributed by atoms with Crippen molar-refractivity contribution in [3.8, 4) is 0 Å². The summed E-state index contributed by atoms with van der Waals surface area (Å²) in [5.41, 5.74) is 0. The molecule has 0 aromatic carbocycles. The van der Waals surface area contributed by atoms with Crippen LogP contribution in [0.25, 0.3) is 0 Å². The van der Waals surface area contributed by atoms with Crippen molar-refractivity contribution >= 4 is 29.0 Å². The molecule has 0 aliphatic carbocycles. The maximum atomic E-state index is 11.8. The van der Waals surface area contributed by atoms with E-state index in [1.165, 1.54) is 11.3 Å². The molecule has 120 valence electrons. The van der Waals surface area contributed by atoms with Crippen LogP contribution in [0.3, 0.4) is 0 Å². The second kappa shape index (κ2) is 9.11. The summed E-state index contributed by atoms with van der Waals surface area (Å²) in [6.45, 7) is -0.585. The Morgan fingerprint density at radius 1 is 1.29 bits per heavy atom. The van der Waals surface area contributed by atoms with Gasteiger partial charge in [0, 0.05) is 24.6 Å². The van der Waals surface area contributed by atoms with Crippen molar-refractivity contribution in [2.24, 2.45) is 0 Å². The van der Waals surface area contributed by atoms with Crippen LogP contribution in [-0.4, -0.2) is 38.5 Å². The van der Waals surface area contributed by atoms with Gasteiger partial charge in [0.05, 0.1) is 4.34 Å². The van der Waals surface area contributed by atoms with Crippen molar-refractivity contribution in [2.45, 2.75) is 19.0 Å². The Hall–Kier alpha value is -0.990. The number of amides is 2. The number of ether oxygens (including phenoxy) is 1. The molecule has 2 amide bonds. The minimum atomic E-state index is -4.31. The monoisotopic (exact) mass is 344 g/mol. The highest BCUT2D eigenvalue weighted by atomic mass is 35.5. The lowest BCUT2D eigenvalue weighted by Crippen LogP contribution is -2.37. The topological polar surface area (TPSA) is 50.4 Å². The summed E-state index contributed by atoms with van der Waals surface area (Å²) in [5.74, 6) is 0. The first-order valence-corrected chi connectivity index (χ1v) is 7.47. The summed E-state index contributed by atoms with van der Waals surface area (Å²) >= 11 is 7.23. The molecule has 4 nitrogen and oxygen atoms in total. The molecule has 0 aliphatic rings. The number of carbonyl (C=O) groups excluding carboxylic acids is 1. The summed E-state index contributed by atoms with van der Waals surface area (Å²) in [7, 11) is 0. The van der Waals surface area contributed by atoms with Crippen LogP contribution in [0.15, 0.2) is 12.1 Å². The molecule has 0 radical (unpaired) electrons. The largest absolute Gasteiger partial charge is 0.411 e. The highest BCUT2D eigenvalue weighted by Crippen LogP contribution is 2.21. The van der Waals surface area contributed by atoms with Crippen LogP contribution in [0.2, 0.25) is 4.34 Å². The Kier molecular flexibility index (Phi) is 7.84. The Bertz CT molecular complexity index is 440. The van der Waals surface area contributed by atoms with Gasteiger partial charge in [0.2, 0.25) is 0 Å². The van der Waals surface area contributed by atoms with Crippen molar-refractivity contribution in [1.82, 2.24) is 10.6 Å². The van der Waals surface area contributed by atoms with Gasteiger partial charge in [0.15, 0.2) is 0 Å². The van der Waals surface area contributed by atoms with E-state index in [0.29, 0.717) is 23.7 Å². The Morgan fingerprint density at radius 2 is 2.00 bits per heavy atom. The number of halogens is 4. The Balaban J connectivity index is 1.96. The molecule has 0 bridgehead atoms. The number of urea groups is 1. The lowest BCUT2D eigenvalue weighted by Gasteiger charge is -2.09. The minimum Gasteiger partial charge on any atom is -0.372 e. The summed E-state index contributed by atoms with van der Waals surface area (Å²) in [4.78, 5) is 12.4. The van der Waals surface area contributed by atoms with Crippen LogP contribution in [0.4, 0.5) is 18.0 Å². The van der Waals surface area contributed by atoms with Crippen molar-refractivity contribution < 1.29 is 22.7 Å². The van der Waals surface area contributed by atoms with Gasteiger partial charge < -0.3 is 15.4 Å². The molecule has 0 spiro atoms. The van der Waals surface area contributed by atoms with E-state index >= 15 is 0 Å². The SMILES string of the molecule is O=C(NCCCOCC(F)(F)F)NCCc1ccc(Cl)s1. The molecular weight excluding hydrogens is 329 g/mol. The van der Waals surface area contributed by atoms with E-state index in [9.17, 15) is 18.0 Å². The van der Waals surface area contributed by atoms with Gasteiger partial charge in [-0.1, -0.05) is 11.6 Å². The van der Waals surface area contributed by atoms with E-state index in [1.807, 2.05) is 6.07 Å². The molecule has 2 N–H and O–H groups in total. The fourth-order valence-corrected chi connectivity index (χ4v) is 2.50. The van der Waals surface area contributed by atoms with E-state index in [0.717, 1.165) is 4.88 Å². The highest BCUT2D eigenvalue weighted by molar-refractivity contribution is 7.16. The first-order chi connectivity index (χ1) is 9.87. The number of hydrogen-bond acceptors (Lipinski definition) is 3. The van der Waals surface area contributed by atoms with E-state index in [1.54, 1.807) is 6.07 Å². The number of nitrogens with one attached hydrogen (secondary N) is 2. The Labute approximate surface area is 129 Å². The summed E-state index contributed by atoms with van der Waals surface area (Å²) in [6.07, 6.45) is -3.31. The van der Waals surface area contributed by atoms with Crippen molar-refractivity contribution in [2.75, 3.05) is 26.3 Å². The fourth-order valence-electron chi connectivity index (χ4n) is 1.41. The first kappa shape index (κ1) is 18.1. The van der Waals surface area contributed by atoms with Crippen LogP contribution < -0.4 is 10.6 Å². The maximum absolute atomic E-state index is 11.8. The molecule has 1 aromatic heterocycles. The van der Waals surface area contributed by atoms with Gasteiger partial charge in [0.1, 0.15) is 6.61 Å². The van der Waals surface area contributed by atoms with Gasteiger partial charge in [-0.05, 0) is 25.0 Å². The minimum absolute atomic E-state index is 0.0481. The van der Waals surface area contributed by atoms with E-state index in [-0.39, 0.29) is 19.2 Å². The van der Waals surface area contributed by atoms with Crippen molar-refractivity contribution in [1.29, 1.82) is 0 Å². The van der Waals surface area contributed by atoms with E-state index in [4.69, 9.17) is 11.6 Å². The zero-order chi connectivity index (χ0) is 15.7. The van der Waals surface area contributed by atoms with Gasteiger partial charge in [-0.2, -0.15) is 13.2 Å². The molecule has 0 saturated heterocycles. The fraction of sp³-hybridized carbons (Fsp3) is 0.583. The summed E-state index contributed by atoms with van der Waals surface area (Å²) < 4.78 is 40.4. The lowest BCUT2D eigenvalue weighted by atomic mass is 10.3. The third kappa shape index (κ3) is 9.54. The number of carbonyl (C=O) groups is 1. The summed E-state index contributed by atoms with van der Waals surface area (Å²) in [6, 6.07) is 3.33. The quantitative estimate of drug-likeness (QED) is 0.711. The number of alkyl halides is 3. The zero-order valence-corrected chi connectivity index (χ0v) is 12.7. The third-order valence-electron chi connectivity index (χ3n) is 2.30. The molecule has 9 heteroatoms. The zero-order valence-electron chi connectivity index (χ0n) is 11.1. The van der Waals surface area contributed by atoms with Gasteiger partial charge in [-0.3, -0.25) is 0 Å². The predicted octanol–water partition coefficient (Wildman–Crippen LogP) is 3.21. The van der Waals surface area contributed by atoms with Gasteiger partial charge >= 0.3 is 12.2 Å². The van der Waals surface area contributed by atoms with Crippen LogP contribution in [-0.2, 0) is 11.2 Å². The van der Waals surface area contributed by atoms with Crippen LogP contribution in [0.5, 0.6) is 0 Å². The van der Waals surface area contributed by atoms with E-state index in [2.05, 4.69) is 15.4 Å². The first-order valence-electron chi connectivity index (χ1n) is 6.27. The molecule has 1 aromatic rings. The number of hydrogen-bond donors (Lipinski definition) is 2. The molecule has 0 aliphatic heterocycles. The molecule has 0 saturated carbocycles. The smallest absolute Gasteiger partial charge is 0.372 e. The average molecular weight is 345 g/mol. The second-order valence-corrected chi connectivity index (χ2v) is 5.96. The van der Waals surface area contributed by atoms with Crippen LogP contribution >= 0.6 is 22.9 Å². The third-order valence-corrected chi connectivity index (χ3v) is 3.59. The molecule has 21 heavy (non-hydrogen) atoms. The second-order valence-electron chi connectivity index (χ2n) is 4.16. The van der Waals surface area contributed by atoms with Gasteiger partial charge in [-0.15, -0.1) is 11.3 Å². The van der Waals surface area contributed by atoms with Crippen molar-refractivity contribution in [3.63, 3.8) is 0 Å². The van der Waals surface area contributed by atoms with E-state index < -0.39 is 12.8 Å².